The number of nitrogens with zero attached hydrogens (tertiary/aromatic N) is 4. The summed E-state index contributed by atoms with van der Waals surface area (Å²) in [6.45, 7) is 1.82. The minimum Gasteiger partial charge on any atom is -0.375 e. The van der Waals surface area contributed by atoms with Crippen LogP contribution in [0.25, 0.3) is 5.69 Å². The number of ether oxygens (including phenoxy) is 1. The maximum atomic E-state index is 11.5. The second-order valence-corrected chi connectivity index (χ2v) is 5.07. The number of halogens is 1. The molecular weight excluding hydrogens is 326 g/mol. The average Bonchev–Trinajstić information content (AvgIpc) is 2.88. The Labute approximate surface area is 124 Å². The molecule has 7 nitrogen and oxygen atoms in total. The molecule has 0 aliphatic carbocycles. The molecule has 0 bridgehead atoms. The Morgan fingerprint density at radius 2 is 2.35 bits per heavy atom. The highest BCUT2D eigenvalue weighted by atomic mass is 79.9. The number of methoxy groups -OCH3 is 1. The van der Waals surface area contributed by atoms with Crippen molar-refractivity contribution in [1.82, 2.24) is 25.5 Å². The zero-order valence-corrected chi connectivity index (χ0v) is 12.7. The largest absolute Gasteiger partial charge is 0.375 e. The van der Waals surface area contributed by atoms with Crippen LogP contribution in [0.5, 0.6) is 0 Å². The Bertz CT molecular complexity index is 601. The van der Waals surface area contributed by atoms with E-state index < -0.39 is 0 Å². The number of rotatable bonds is 5. The van der Waals surface area contributed by atoms with Crippen molar-refractivity contribution < 1.29 is 9.53 Å². The molecule has 106 valence electrons. The van der Waals surface area contributed by atoms with Gasteiger partial charge >= 0.3 is 0 Å². The van der Waals surface area contributed by atoms with Crippen molar-refractivity contribution in [1.29, 1.82) is 0 Å². The fraction of sp³-hybridized carbons (Fsp3) is 0.333. The van der Waals surface area contributed by atoms with Gasteiger partial charge in [-0.1, -0.05) is 22.0 Å². The van der Waals surface area contributed by atoms with Gasteiger partial charge in [-0.15, -0.1) is 5.10 Å². The quantitative estimate of drug-likeness (QED) is 0.886. The van der Waals surface area contributed by atoms with Gasteiger partial charge in [-0.2, -0.15) is 4.68 Å². The van der Waals surface area contributed by atoms with Crippen LogP contribution in [0.4, 0.5) is 0 Å². The lowest BCUT2D eigenvalue weighted by molar-refractivity contribution is -0.125. The Kier molecular flexibility index (Phi) is 4.80. The Hall–Kier alpha value is -1.80. The van der Waals surface area contributed by atoms with E-state index in [0.29, 0.717) is 5.82 Å². The fourth-order valence-corrected chi connectivity index (χ4v) is 2.12. The van der Waals surface area contributed by atoms with E-state index in [0.717, 1.165) is 10.2 Å². The zero-order valence-electron chi connectivity index (χ0n) is 11.1. The number of benzene rings is 1. The lowest BCUT2D eigenvalue weighted by atomic mass is 10.3. The number of amides is 1. The van der Waals surface area contributed by atoms with Crippen LogP contribution in [0.2, 0.25) is 0 Å². The van der Waals surface area contributed by atoms with Gasteiger partial charge in [0.15, 0.2) is 5.82 Å². The van der Waals surface area contributed by atoms with Gasteiger partial charge in [0.25, 0.3) is 0 Å². The molecule has 0 saturated heterocycles. The average molecular weight is 340 g/mol. The summed E-state index contributed by atoms with van der Waals surface area (Å²) in [6.07, 6.45) is 0. The summed E-state index contributed by atoms with van der Waals surface area (Å²) in [5.74, 6) is 0.330. The topological polar surface area (TPSA) is 81.9 Å². The molecule has 1 aromatic carbocycles. The van der Waals surface area contributed by atoms with E-state index in [1.54, 1.807) is 4.68 Å². The van der Waals surface area contributed by atoms with Crippen molar-refractivity contribution in [2.45, 2.75) is 13.0 Å². The summed E-state index contributed by atoms with van der Waals surface area (Å²) in [5.41, 5.74) is 0.812. The first-order valence-corrected chi connectivity index (χ1v) is 6.73. The standard InChI is InChI=1S/C12H14BrN5O2/c1-8(14-11(19)7-20-2)12-15-16-17-18(12)10-5-3-4-9(13)6-10/h3-6,8H,7H2,1-2H3,(H,14,19). The van der Waals surface area contributed by atoms with Crippen LogP contribution in [-0.2, 0) is 9.53 Å². The predicted molar refractivity (Wildman–Crippen MR) is 75.3 cm³/mol. The highest BCUT2D eigenvalue weighted by Crippen LogP contribution is 2.17. The summed E-state index contributed by atoms with van der Waals surface area (Å²) in [5, 5.41) is 14.4. The van der Waals surface area contributed by atoms with E-state index in [1.807, 2.05) is 31.2 Å². The monoisotopic (exact) mass is 339 g/mol. The number of tetrazole rings is 1. The Morgan fingerprint density at radius 1 is 1.55 bits per heavy atom. The van der Waals surface area contributed by atoms with E-state index in [9.17, 15) is 4.79 Å². The van der Waals surface area contributed by atoms with Crippen LogP contribution >= 0.6 is 15.9 Å². The second kappa shape index (κ2) is 6.58. The molecule has 0 spiro atoms. The number of hydrogen-bond donors (Lipinski definition) is 1. The SMILES string of the molecule is COCC(=O)NC(C)c1nnnn1-c1cccc(Br)c1. The molecule has 2 aromatic rings. The molecule has 1 amide bonds. The third kappa shape index (κ3) is 3.40. The van der Waals surface area contributed by atoms with Gasteiger partial charge in [-0.3, -0.25) is 4.79 Å². The van der Waals surface area contributed by atoms with Crippen LogP contribution in [0, 0.1) is 0 Å². The van der Waals surface area contributed by atoms with Crippen LogP contribution < -0.4 is 5.32 Å². The number of nitrogens with one attached hydrogen (secondary N) is 1. The summed E-state index contributed by atoms with van der Waals surface area (Å²) in [4.78, 5) is 11.5. The maximum Gasteiger partial charge on any atom is 0.246 e. The molecule has 0 radical (unpaired) electrons. The highest BCUT2D eigenvalue weighted by molar-refractivity contribution is 9.10. The van der Waals surface area contributed by atoms with Gasteiger partial charge < -0.3 is 10.1 Å². The zero-order chi connectivity index (χ0) is 14.5. The summed E-state index contributed by atoms with van der Waals surface area (Å²) in [6, 6.07) is 7.25. The molecular formula is C12H14BrN5O2. The number of hydrogen-bond acceptors (Lipinski definition) is 5. The summed E-state index contributed by atoms with van der Waals surface area (Å²) >= 11 is 3.40. The first kappa shape index (κ1) is 14.6. The van der Waals surface area contributed by atoms with Gasteiger partial charge in [0.05, 0.1) is 11.7 Å². The fourth-order valence-electron chi connectivity index (χ4n) is 1.73. The van der Waals surface area contributed by atoms with Crippen LogP contribution in [0.3, 0.4) is 0 Å². The normalized spacial score (nSPS) is 12.2. The first-order chi connectivity index (χ1) is 9.61. The molecule has 1 unspecified atom stereocenters. The van der Waals surface area contributed by atoms with Gasteiger partial charge in [0.1, 0.15) is 6.61 Å². The Morgan fingerprint density at radius 3 is 3.05 bits per heavy atom. The Balaban J connectivity index is 2.22. The minimum absolute atomic E-state index is 0.00277. The third-order valence-electron chi connectivity index (χ3n) is 2.59. The predicted octanol–water partition coefficient (Wildman–Crippen LogP) is 1.25. The lowest BCUT2D eigenvalue weighted by Crippen LogP contribution is -2.31. The molecule has 0 aliphatic heterocycles. The smallest absolute Gasteiger partial charge is 0.246 e. The minimum atomic E-state index is -0.327. The molecule has 1 atom stereocenters. The van der Waals surface area contributed by atoms with E-state index in [2.05, 4.69) is 36.8 Å². The van der Waals surface area contributed by atoms with Gasteiger partial charge in [0.2, 0.25) is 5.91 Å². The summed E-state index contributed by atoms with van der Waals surface area (Å²) in [7, 11) is 1.47. The first-order valence-electron chi connectivity index (χ1n) is 5.94. The van der Waals surface area contributed by atoms with E-state index >= 15 is 0 Å². The molecule has 8 heteroatoms. The van der Waals surface area contributed by atoms with Gasteiger partial charge in [-0.05, 0) is 35.5 Å². The van der Waals surface area contributed by atoms with Gasteiger partial charge in [0, 0.05) is 11.6 Å². The number of carbonyl (C=O) groups is 1. The lowest BCUT2D eigenvalue weighted by Gasteiger charge is -2.13. The van der Waals surface area contributed by atoms with E-state index in [-0.39, 0.29) is 18.6 Å². The highest BCUT2D eigenvalue weighted by Gasteiger charge is 2.17. The van der Waals surface area contributed by atoms with Crippen LogP contribution in [0.1, 0.15) is 18.8 Å². The van der Waals surface area contributed by atoms with Crippen molar-refractivity contribution in [3.63, 3.8) is 0 Å². The van der Waals surface area contributed by atoms with Crippen molar-refractivity contribution in [2.75, 3.05) is 13.7 Å². The van der Waals surface area contributed by atoms with Crippen LogP contribution in [-0.4, -0.2) is 39.8 Å². The molecule has 1 aromatic heterocycles. The molecule has 0 saturated carbocycles. The maximum absolute atomic E-state index is 11.5. The van der Waals surface area contributed by atoms with Crippen molar-refractivity contribution >= 4 is 21.8 Å². The summed E-state index contributed by atoms with van der Waals surface area (Å²) < 4.78 is 7.29. The van der Waals surface area contributed by atoms with Gasteiger partial charge in [-0.25, -0.2) is 0 Å². The van der Waals surface area contributed by atoms with Crippen molar-refractivity contribution in [3.8, 4) is 5.69 Å². The number of aromatic nitrogens is 4. The molecule has 2 rings (SSSR count). The molecule has 0 fully saturated rings. The van der Waals surface area contributed by atoms with E-state index in [4.69, 9.17) is 4.74 Å². The number of carbonyl (C=O) groups excluding carboxylic acids is 1. The van der Waals surface area contributed by atoms with Crippen LogP contribution in [0.15, 0.2) is 28.7 Å². The van der Waals surface area contributed by atoms with E-state index in [1.165, 1.54) is 7.11 Å². The van der Waals surface area contributed by atoms with Crippen molar-refractivity contribution in [2.24, 2.45) is 0 Å². The molecule has 1 heterocycles. The third-order valence-corrected chi connectivity index (χ3v) is 3.08. The second-order valence-electron chi connectivity index (χ2n) is 4.15. The molecule has 1 N–H and O–H groups in total. The van der Waals surface area contributed by atoms with Crippen molar-refractivity contribution in [3.05, 3.63) is 34.6 Å². The molecule has 20 heavy (non-hydrogen) atoms. The molecule has 0 aliphatic rings.